The van der Waals surface area contributed by atoms with E-state index in [1.165, 1.54) is 74.2 Å². The number of ether oxygens (including phenoxy) is 1. The lowest BCUT2D eigenvalue weighted by Gasteiger charge is -2.28. The van der Waals surface area contributed by atoms with Gasteiger partial charge in [-0.3, -0.25) is 23.0 Å². The minimum atomic E-state index is -4.45. The third-order valence-electron chi connectivity index (χ3n) is 8.49. The van der Waals surface area contributed by atoms with Crippen LogP contribution in [0.15, 0.2) is 94.7 Å². The Hall–Kier alpha value is -5.19. The molecule has 16 heteroatoms. The molecule has 0 atom stereocenters. The summed E-state index contributed by atoms with van der Waals surface area (Å²) in [5.74, 6) is -1.65. The zero-order valence-electron chi connectivity index (χ0n) is 28.0. The van der Waals surface area contributed by atoms with Crippen LogP contribution in [0.3, 0.4) is 0 Å². The van der Waals surface area contributed by atoms with Gasteiger partial charge in [0.05, 0.1) is 28.3 Å². The second kappa shape index (κ2) is 15.8. The first-order chi connectivity index (χ1) is 24.3. The van der Waals surface area contributed by atoms with E-state index in [0.29, 0.717) is 24.4 Å². The number of nitrogens with one attached hydrogen (secondary N) is 1. The fourth-order valence-corrected chi connectivity index (χ4v) is 8.86. The van der Waals surface area contributed by atoms with Crippen molar-refractivity contribution < 1.29 is 36.0 Å². The average molecular weight is 737 g/mol. The summed E-state index contributed by atoms with van der Waals surface area (Å²) in [4.78, 5) is 39.0. The van der Waals surface area contributed by atoms with Crippen LogP contribution in [-0.4, -0.2) is 79.3 Å². The van der Waals surface area contributed by atoms with Gasteiger partial charge in [0.2, 0.25) is 17.7 Å². The molecule has 1 fully saturated rings. The molecule has 3 amide bonds. The molecule has 4 aromatic carbocycles. The van der Waals surface area contributed by atoms with Gasteiger partial charge < -0.3 is 26.4 Å². The molecule has 51 heavy (non-hydrogen) atoms. The minimum Gasteiger partial charge on any atom is -0.497 e. The Morgan fingerprint density at radius 1 is 0.706 bits per heavy atom. The molecule has 4 aromatic rings. The monoisotopic (exact) mass is 736 g/mol. The Kier molecular flexibility index (Phi) is 11.5. The standard InChI is InChI=1S/C35H40N6O8S2/c1-49-26-11-15-28(16-12-26)51(47,48)41(24-34(37)43)32-18-17-31(29-7-3-4-8-30(29)32)40(23-33(36)42)50(45,46)27-13-9-25(10-14-27)38-35(44)19-22-39-20-5-2-6-21-39/h3-4,7-18H,2,5-6,19-24H2,1H3,(H2,36,42)(H2,37,43)(H,38,44). The van der Waals surface area contributed by atoms with Gasteiger partial charge in [0.15, 0.2) is 0 Å². The van der Waals surface area contributed by atoms with E-state index in [9.17, 15) is 31.2 Å². The van der Waals surface area contributed by atoms with Gasteiger partial charge in [-0.05, 0) is 86.6 Å². The second-order valence-electron chi connectivity index (χ2n) is 12.0. The van der Waals surface area contributed by atoms with Gasteiger partial charge in [-0.25, -0.2) is 16.8 Å². The van der Waals surface area contributed by atoms with Crippen molar-refractivity contribution in [3.05, 3.63) is 84.9 Å². The Labute approximate surface area is 297 Å². The highest BCUT2D eigenvalue weighted by Gasteiger charge is 2.32. The number of amides is 3. The zero-order chi connectivity index (χ0) is 36.8. The van der Waals surface area contributed by atoms with E-state index < -0.39 is 45.0 Å². The van der Waals surface area contributed by atoms with E-state index in [4.69, 9.17) is 16.2 Å². The number of fused-ring (bicyclic) bond motifs is 1. The van der Waals surface area contributed by atoms with Crippen molar-refractivity contribution in [3.8, 4) is 5.75 Å². The Morgan fingerprint density at radius 2 is 1.18 bits per heavy atom. The Balaban J connectivity index is 1.48. The first-order valence-electron chi connectivity index (χ1n) is 16.2. The van der Waals surface area contributed by atoms with Crippen LogP contribution in [0.4, 0.5) is 17.1 Å². The quantitative estimate of drug-likeness (QED) is 0.164. The molecule has 0 radical (unpaired) electrons. The number of carbonyl (C=O) groups is 3. The summed E-state index contributed by atoms with van der Waals surface area (Å²) in [7, 11) is -7.38. The lowest BCUT2D eigenvalue weighted by Crippen LogP contribution is -2.39. The molecule has 5 rings (SSSR count). The van der Waals surface area contributed by atoms with E-state index in [2.05, 4.69) is 10.2 Å². The van der Waals surface area contributed by atoms with E-state index in [0.717, 1.165) is 34.5 Å². The number of carbonyl (C=O) groups excluding carboxylic acids is 3. The van der Waals surface area contributed by atoms with E-state index in [1.54, 1.807) is 24.3 Å². The number of sulfonamides is 2. The molecule has 270 valence electrons. The van der Waals surface area contributed by atoms with Crippen molar-refractivity contribution in [2.45, 2.75) is 35.5 Å². The largest absolute Gasteiger partial charge is 0.497 e. The molecule has 0 saturated carbocycles. The van der Waals surface area contributed by atoms with Crippen molar-refractivity contribution >= 4 is 65.6 Å². The Bertz CT molecular complexity index is 2120. The summed E-state index contributed by atoms with van der Waals surface area (Å²) >= 11 is 0. The van der Waals surface area contributed by atoms with E-state index >= 15 is 0 Å². The molecule has 5 N–H and O–H groups in total. The number of benzene rings is 4. The lowest BCUT2D eigenvalue weighted by atomic mass is 10.1. The first kappa shape index (κ1) is 37.1. The third kappa shape index (κ3) is 8.58. The van der Waals surface area contributed by atoms with Crippen LogP contribution < -0.4 is 30.1 Å². The van der Waals surface area contributed by atoms with Crippen molar-refractivity contribution in [2.75, 3.05) is 53.8 Å². The first-order valence-corrected chi connectivity index (χ1v) is 19.1. The summed E-state index contributed by atoms with van der Waals surface area (Å²) < 4.78 is 62.9. The summed E-state index contributed by atoms with van der Waals surface area (Å²) in [6.07, 6.45) is 3.73. The molecule has 0 unspecified atom stereocenters. The van der Waals surface area contributed by atoms with Gasteiger partial charge in [0.25, 0.3) is 20.0 Å². The topological polar surface area (TPSA) is 203 Å². The predicted molar refractivity (Wildman–Crippen MR) is 194 cm³/mol. The number of likely N-dealkylation sites (tertiary alicyclic amines) is 1. The maximum absolute atomic E-state index is 14.1. The molecule has 1 saturated heterocycles. The predicted octanol–water partition coefficient (Wildman–Crippen LogP) is 3.02. The minimum absolute atomic E-state index is 0.0316. The molecule has 0 aromatic heterocycles. The summed E-state index contributed by atoms with van der Waals surface area (Å²) in [6, 6.07) is 20.1. The molecule has 14 nitrogen and oxygen atoms in total. The van der Waals surface area contributed by atoms with Crippen LogP contribution in [0.5, 0.6) is 5.75 Å². The third-order valence-corrected chi connectivity index (χ3v) is 12.0. The normalized spacial score (nSPS) is 13.7. The molecule has 0 spiro atoms. The number of nitrogens with two attached hydrogens (primary N) is 2. The number of methoxy groups -OCH3 is 1. The molecule has 1 aliphatic rings. The molecular weight excluding hydrogens is 697 g/mol. The summed E-state index contributed by atoms with van der Waals surface area (Å²) in [5.41, 5.74) is 11.5. The number of rotatable bonds is 15. The average Bonchev–Trinajstić information content (AvgIpc) is 3.12. The van der Waals surface area contributed by atoms with Crippen molar-refractivity contribution in [1.82, 2.24) is 4.90 Å². The summed E-state index contributed by atoms with van der Waals surface area (Å²) in [5, 5.41) is 3.29. The number of hydrogen-bond donors (Lipinski definition) is 3. The van der Waals surface area contributed by atoms with Crippen LogP contribution >= 0.6 is 0 Å². The maximum Gasteiger partial charge on any atom is 0.264 e. The molecule has 0 aliphatic carbocycles. The number of hydrogen-bond acceptors (Lipinski definition) is 9. The molecule has 1 aliphatic heterocycles. The smallest absolute Gasteiger partial charge is 0.264 e. The maximum atomic E-state index is 14.1. The Morgan fingerprint density at radius 3 is 1.63 bits per heavy atom. The van der Waals surface area contributed by atoms with Gasteiger partial charge in [0.1, 0.15) is 18.8 Å². The molecule has 0 bridgehead atoms. The molecular formula is C35H40N6O8S2. The fraction of sp³-hybridized carbons (Fsp3) is 0.286. The number of primary amides is 2. The summed E-state index contributed by atoms with van der Waals surface area (Å²) in [6.45, 7) is 1.11. The highest BCUT2D eigenvalue weighted by molar-refractivity contribution is 7.93. The van der Waals surface area contributed by atoms with Gasteiger partial charge in [-0.2, -0.15) is 0 Å². The van der Waals surface area contributed by atoms with E-state index in [-0.39, 0.29) is 37.8 Å². The van der Waals surface area contributed by atoms with Gasteiger partial charge in [-0.1, -0.05) is 30.7 Å². The zero-order valence-corrected chi connectivity index (χ0v) is 29.7. The van der Waals surface area contributed by atoms with Crippen LogP contribution in [0.25, 0.3) is 10.8 Å². The fourth-order valence-electron chi connectivity index (χ4n) is 5.96. The van der Waals surface area contributed by atoms with E-state index in [1.807, 2.05) is 0 Å². The van der Waals surface area contributed by atoms with Gasteiger partial charge in [-0.15, -0.1) is 0 Å². The van der Waals surface area contributed by atoms with Crippen molar-refractivity contribution in [1.29, 1.82) is 0 Å². The number of anilines is 3. The highest BCUT2D eigenvalue weighted by atomic mass is 32.2. The van der Waals surface area contributed by atoms with Crippen LogP contribution in [0, 0.1) is 0 Å². The van der Waals surface area contributed by atoms with Crippen LogP contribution in [0.1, 0.15) is 25.7 Å². The van der Waals surface area contributed by atoms with Gasteiger partial charge >= 0.3 is 0 Å². The van der Waals surface area contributed by atoms with Crippen molar-refractivity contribution in [2.24, 2.45) is 11.5 Å². The molecule has 1 heterocycles. The van der Waals surface area contributed by atoms with Crippen molar-refractivity contribution in [3.63, 3.8) is 0 Å². The van der Waals surface area contributed by atoms with Gasteiger partial charge in [0, 0.05) is 29.4 Å². The number of piperidine rings is 1. The lowest BCUT2D eigenvalue weighted by molar-refractivity contribution is -0.117. The van der Waals surface area contributed by atoms with Crippen LogP contribution in [-0.2, 0) is 34.4 Å². The SMILES string of the molecule is COc1ccc(S(=O)(=O)N(CC(N)=O)c2ccc(N(CC(N)=O)S(=O)(=O)c3ccc(NC(=O)CCN4CCCCC4)cc3)c3ccccc23)cc1. The highest BCUT2D eigenvalue weighted by Crippen LogP contribution is 2.38. The second-order valence-corrected chi connectivity index (χ2v) is 15.7. The van der Waals surface area contributed by atoms with Crippen LogP contribution in [0.2, 0.25) is 0 Å². The number of nitrogens with zero attached hydrogens (tertiary/aromatic N) is 3.